The van der Waals surface area contributed by atoms with Crippen LogP contribution < -0.4 is 5.32 Å². The van der Waals surface area contributed by atoms with Crippen LogP contribution >= 0.6 is 11.8 Å². The largest absolute Gasteiger partial charge is 0.313 e. The Morgan fingerprint density at radius 1 is 1.12 bits per heavy atom. The molecule has 2 aliphatic carbocycles. The molecule has 2 fully saturated rings. The first-order chi connectivity index (χ1) is 8.13. The normalized spacial score (nSPS) is 34.1. The van der Waals surface area contributed by atoms with E-state index in [1.165, 1.54) is 44.9 Å². The van der Waals surface area contributed by atoms with Gasteiger partial charge in [0.05, 0.1) is 0 Å². The topological polar surface area (TPSA) is 12.0 Å². The standard InChI is InChI=1S/C15H29NS/c1-4-16-14-13(10-11-15(14,2)3)17-12-8-6-5-7-9-12/h12-14,16H,4-11H2,1-3H3. The molecule has 1 nitrogen and oxygen atoms in total. The summed E-state index contributed by atoms with van der Waals surface area (Å²) in [6.07, 6.45) is 10.2. The maximum atomic E-state index is 3.75. The van der Waals surface area contributed by atoms with E-state index in [9.17, 15) is 0 Å². The summed E-state index contributed by atoms with van der Waals surface area (Å²) in [7, 11) is 0. The second kappa shape index (κ2) is 5.97. The van der Waals surface area contributed by atoms with Gasteiger partial charge < -0.3 is 5.32 Å². The predicted octanol–water partition coefficient (Wildman–Crippen LogP) is 4.22. The van der Waals surface area contributed by atoms with E-state index in [4.69, 9.17) is 0 Å². The van der Waals surface area contributed by atoms with E-state index in [0.717, 1.165) is 23.1 Å². The minimum absolute atomic E-state index is 0.502. The lowest BCUT2D eigenvalue weighted by atomic mass is 9.87. The Bertz CT molecular complexity index is 233. The van der Waals surface area contributed by atoms with Crippen molar-refractivity contribution in [3.63, 3.8) is 0 Å². The van der Waals surface area contributed by atoms with E-state index in [-0.39, 0.29) is 0 Å². The molecule has 0 amide bonds. The average molecular weight is 255 g/mol. The number of hydrogen-bond acceptors (Lipinski definition) is 2. The Morgan fingerprint density at radius 3 is 2.47 bits per heavy atom. The number of rotatable bonds is 4. The lowest BCUT2D eigenvalue weighted by Crippen LogP contribution is -2.43. The first kappa shape index (κ1) is 13.7. The van der Waals surface area contributed by atoms with E-state index in [0.29, 0.717) is 5.41 Å². The third kappa shape index (κ3) is 3.41. The van der Waals surface area contributed by atoms with Crippen molar-refractivity contribution in [1.29, 1.82) is 0 Å². The van der Waals surface area contributed by atoms with Crippen LogP contribution in [0.5, 0.6) is 0 Å². The zero-order valence-corrected chi connectivity index (χ0v) is 12.6. The Hall–Kier alpha value is 0.310. The van der Waals surface area contributed by atoms with E-state index >= 15 is 0 Å². The summed E-state index contributed by atoms with van der Waals surface area (Å²) in [5.74, 6) is 0. The summed E-state index contributed by atoms with van der Waals surface area (Å²) in [6, 6.07) is 0.736. The quantitative estimate of drug-likeness (QED) is 0.807. The second-order valence-corrected chi connectivity index (χ2v) is 8.04. The van der Waals surface area contributed by atoms with E-state index in [1.54, 1.807) is 0 Å². The number of hydrogen-bond donors (Lipinski definition) is 1. The monoisotopic (exact) mass is 255 g/mol. The molecule has 2 saturated carbocycles. The molecule has 0 aromatic heterocycles. The van der Waals surface area contributed by atoms with Crippen molar-refractivity contribution in [2.45, 2.75) is 82.3 Å². The maximum absolute atomic E-state index is 3.75. The molecule has 0 aromatic carbocycles. The molecular formula is C15H29NS. The van der Waals surface area contributed by atoms with Crippen molar-refractivity contribution in [2.24, 2.45) is 5.41 Å². The molecule has 0 radical (unpaired) electrons. The summed E-state index contributed by atoms with van der Waals surface area (Å²) in [6.45, 7) is 8.26. The fourth-order valence-corrected chi connectivity index (χ4v) is 5.54. The van der Waals surface area contributed by atoms with Gasteiger partial charge in [-0.15, -0.1) is 0 Å². The van der Waals surface area contributed by atoms with Gasteiger partial charge in [0.25, 0.3) is 0 Å². The third-order valence-electron chi connectivity index (χ3n) is 4.63. The molecule has 1 N–H and O–H groups in total. The highest BCUT2D eigenvalue weighted by atomic mass is 32.2. The lowest BCUT2D eigenvalue weighted by Gasteiger charge is -2.33. The highest BCUT2D eigenvalue weighted by Gasteiger charge is 2.42. The average Bonchev–Trinajstić information content (AvgIpc) is 2.58. The van der Waals surface area contributed by atoms with Crippen LogP contribution in [0, 0.1) is 5.41 Å². The minimum atomic E-state index is 0.502. The van der Waals surface area contributed by atoms with Crippen molar-refractivity contribution in [2.75, 3.05) is 6.54 Å². The van der Waals surface area contributed by atoms with Crippen LogP contribution in [-0.4, -0.2) is 23.1 Å². The maximum Gasteiger partial charge on any atom is 0.0237 e. The molecule has 0 aromatic rings. The summed E-state index contributed by atoms with van der Waals surface area (Å²) < 4.78 is 0. The fraction of sp³-hybridized carbons (Fsp3) is 1.00. The van der Waals surface area contributed by atoms with Gasteiger partial charge in [-0.1, -0.05) is 40.0 Å². The van der Waals surface area contributed by atoms with E-state index in [1.807, 2.05) is 0 Å². The SMILES string of the molecule is CCNC1C(SC2CCCCC2)CCC1(C)C. The Kier molecular flexibility index (Phi) is 4.82. The van der Waals surface area contributed by atoms with E-state index < -0.39 is 0 Å². The minimum Gasteiger partial charge on any atom is -0.313 e. The van der Waals surface area contributed by atoms with Crippen molar-refractivity contribution < 1.29 is 0 Å². The van der Waals surface area contributed by atoms with Gasteiger partial charge in [0, 0.05) is 16.5 Å². The summed E-state index contributed by atoms with van der Waals surface area (Å²) in [4.78, 5) is 0. The second-order valence-electron chi connectivity index (χ2n) is 6.50. The zero-order valence-electron chi connectivity index (χ0n) is 11.8. The van der Waals surface area contributed by atoms with Crippen LogP contribution in [0.15, 0.2) is 0 Å². The van der Waals surface area contributed by atoms with Crippen molar-refractivity contribution in [3.8, 4) is 0 Å². The Balaban J connectivity index is 1.90. The molecule has 0 spiro atoms. The van der Waals surface area contributed by atoms with Crippen molar-refractivity contribution in [1.82, 2.24) is 5.32 Å². The number of nitrogens with one attached hydrogen (secondary N) is 1. The summed E-state index contributed by atoms with van der Waals surface area (Å²) in [5, 5.41) is 5.58. The van der Waals surface area contributed by atoms with Crippen molar-refractivity contribution >= 4 is 11.8 Å². The summed E-state index contributed by atoms with van der Waals surface area (Å²) in [5.41, 5.74) is 0.502. The molecule has 100 valence electrons. The van der Waals surface area contributed by atoms with Crippen LogP contribution in [0.2, 0.25) is 0 Å². The van der Waals surface area contributed by atoms with Gasteiger partial charge in [0.2, 0.25) is 0 Å². The number of thioether (sulfide) groups is 1. The van der Waals surface area contributed by atoms with Crippen LogP contribution in [0.1, 0.15) is 65.7 Å². The molecule has 0 saturated heterocycles. The molecule has 0 heterocycles. The molecule has 0 aliphatic heterocycles. The molecule has 2 rings (SSSR count). The van der Waals surface area contributed by atoms with Gasteiger partial charge in [0.15, 0.2) is 0 Å². The van der Waals surface area contributed by atoms with E-state index in [2.05, 4.69) is 37.8 Å². The molecule has 2 heteroatoms. The van der Waals surface area contributed by atoms with Crippen molar-refractivity contribution in [3.05, 3.63) is 0 Å². The van der Waals surface area contributed by atoms with Crippen LogP contribution in [0.4, 0.5) is 0 Å². The first-order valence-corrected chi connectivity index (χ1v) is 8.46. The molecule has 2 atom stereocenters. The highest BCUT2D eigenvalue weighted by Crippen LogP contribution is 2.45. The Morgan fingerprint density at radius 2 is 1.82 bits per heavy atom. The van der Waals surface area contributed by atoms with Gasteiger partial charge in [-0.3, -0.25) is 0 Å². The predicted molar refractivity (Wildman–Crippen MR) is 78.7 cm³/mol. The zero-order chi connectivity index (χ0) is 12.3. The van der Waals surface area contributed by atoms with Crippen LogP contribution in [0.25, 0.3) is 0 Å². The van der Waals surface area contributed by atoms with Gasteiger partial charge >= 0.3 is 0 Å². The van der Waals surface area contributed by atoms with Crippen LogP contribution in [-0.2, 0) is 0 Å². The molecule has 2 unspecified atom stereocenters. The molecule has 0 bridgehead atoms. The first-order valence-electron chi connectivity index (χ1n) is 7.52. The van der Waals surface area contributed by atoms with Gasteiger partial charge in [-0.05, 0) is 37.6 Å². The molecule has 2 aliphatic rings. The van der Waals surface area contributed by atoms with Gasteiger partial charge in [-0.2, -0.15) is 11.8 Å². The third-order valence-corrected chi connectivity index (χ3v) is 6.34. The smallest absolute Gasteiger partial charge is 0.0237 e. The van der Waals surface area contributed by atoms with Crippen LogP contribution in [0.3, 0.4) is 0 Å². The van der Waals surface area contributed by atoms with Gasteiger partial charge in [-0.25, -0.2) is 0 Å². The Labute approximate surface area is 112 Å². The summed E-state index contributed by atoms with van der Waals surface area (Å²) >= 11 is 2.32. The molecular weight excluding hydrogens is 226 g/mol. The fourth-order valence-electron chi connectivity index (χ4n) is 3.56. The highest BCUT2D eigenvalue weighted by molar-refractivity contribution is 8.00. The van der Waals surface area contributed by atoms with Gasteiger partial charge in [0.1, 0.15) is 0 Å². The lowest BCUT2D eigenvalue weighted by molar-refractivity contribution is 0.290. The molecule has 17 heavy (non-hydrogen) atoms.